The van der Waals surface area contributed by atoms with Crippen molar-refractivity contribution in [3.8, 4) is 11.5 Å². The number of nitrogens with zero attached hydrogens (tertiary/aromatic N) is 1. The van der Waals surface area contributed by atoms with Gasteiger partial charge in [-0.3, -0.25) is 14.9 Å². The first-order valence-electron chi connectivity index (χ1n) is 6.99. The summed E-state index contributed by atoms with van der Waals surface area (Å²) in [6.07, 6.45) is 0. The van der Waals surface area contributed by atoms with Crippen LogP contribution in [0.25, 0.3) is 0 Å². The minimum absolute atomic E-state index is 0.0371. The summed E-state index contributed by atoms with van der Waals surface area (Å²) in [6.45, 7) is 2.16. The number of carbonyl (C=O) groups is 1. The lowest BCUT2D eigenvalue weighted by molar-refractivity contribution is -0.384. The number of hydrogen-bond donors (Lipinski definition) is 1. The summed E-state index contributed by atoms with van der Waals surface area (Å²) in [5.41, 5.74) is 0.423. The highest BCUT2D eigenvalue weighted by Crippen LogP contribution is 2.26. The van der Waals surface area contributed by atoms with Crippen molar-refractivity contribution in [1.29, 1.82) is 0 Å². The molecule has 0 aliphatic heterocycles. The van der Waals surface area contributed by atoms with Crippen molar-refractivity contribution in [1.82, 2.24) is 0 Å². The van der Waals surface area contributed by atoms with Gasteiger partial charge in [0.1, 0.15) is 0 Å². The highest BCUT2D eigenvalue weighted by atomic mass is 16.6. The third kappa shape index (κ3) is 4.70. The quantitative estimate of drug-likeness (QED) is 0.626. The third-order valence-corrected chi connectivity index (χ3v) is 2.87. The Kier molecular flexibility index (Phi) is 5.51. The Morgan fingerprint density at radius 2 is 1.70 bits per heavy atom. The summed E-state index contributed by atoms with van der Waals surface area (Å²) >= 11 is 0. The molecule has 2 rings (SSSR count). The van der Waals surface area contributed by atoms with Gasteiger partial charge in [-0.15, -0.1) is 0 Å². The van der Waals surface area contributed by atoms with Crippen LogP contribution in [0, 0.1) is 10.1 Å². The molecule has 0 bridgehead atoms. The van der Waals surface area contributed by atoms with Gasteiger partial charge >= 0.3 is 0 Å². The predicted molar refractivity (Wildman–Crippen MR) is 84.8 cm³/mol. The molecule has 0 heterocycles. The van der Waals surface area contributed by atoms with Crippen molar-refractivity contribution in [2.75, 3.05) is 18.5 Å². The van der Waals surface area contributed by atoms with E-state index in [-0.39, 0.29) is 18.2 Å². The van der Waals surface area contributed by atoms with E-state index in [0.717, 1.165) is 0 Å². The molecular weight excluding hydrogens is 300 g/mol. The number of nitro benzene ring substituents is 1. The fraction of sp³-hybridized carbons (Fsp3) is 0.188. The number of carbonyl (C=O) groups excluding carboxylic acids is 1. The topological polar surface area (TPSA) is 90.7 Å². The van der Waals surface area contributed by atoms with Crippen molar-refractivity contribution in [2.24, 2.45) is 0 Å². The van der Waals surface area contributed by atoms with E-state index in [4.69, 9.17) is 9.47 Å². The first-order chi connectivity index (χ1) is 11.1. The molecule has 0 aliphatic rings. The molecule has 0 spiro atoms. The summed E-state index contributed by atoms with van der Waals surface area (Å²) in [7, 11) is 0. The van der Waals surface area contributed by atoms with Crippen molar-refractivity contribution in [2.45, 2.75) is 6.92 Å². The largest absolute Gasteiger partial charge is 0.490 e. The molecule has 0 fully saturated rings. The Morgan fingerprint density at radius 3 is 2.26 bits per heavy atom. The third-order valence-electron chi connectivity index (χ3n) is 2.87. The maximum Gasteiger partial charge on any atom is 0.269 e. The van der Waals surface area contributed by atoms with Crippen molar-refractivity contribution < 1.29 is 19.2 Å². The molecule has 1 amide bonds. The lowest BCUT2D eigenvalue weighted by atomic mass is 10.3. The molecule has 0 saturated heterocycles. The highest BCUT2D eigenvalue weighted by Gasteiger charge is 2.09. The second-order valence-corrected chi connectivity index (χ2v) is 4.52. The zero-order valence-electron chi connectivity index (χ0n) is 12.5. The number of rotatable bonds is 7. The predicted octanol–water partition coefficient (Wildman–Crippen LogP) is 3.01. The minimum Gasteiger partial charge on any atom is -0.490 e. The molecule has 1 N–H and O–H groups in total. The summed E-state index contributed by atoms with van der Waals surface area (Å²) in [5.74, 6) is 0.677. The van der Waals surface area contributed by atoms with Crippen LogP contribution in [-0.2, 0) is 4.79 Å². The maximum atomic E-state index is 11.9. The number of anilines is 1. The first kappa shape index (κ1) is 16.3. The van der Waals surface area contributed by atoms with E-state index < -0.39 is 4.92 Å². The molecule has 0 unspecified atom stereocenters. The average molecular weight is 316 g/mol. The highest BCUT2D eigenvalue weighted by molar-refractivity contribution is 5.92. The smallest absolute Gasteiger partial charge is 0.269 e. The fourth-order valence-corrected chi connectivity index (χ4v) is 1.85. The number of non-ortho nitro benzene ring substituents is 1. The number of nitrogens with one attached hydrogen (secondary N) is 1. The van der Waals surface area contributed by atoms with Gasteiger partial charge in [0.25, 0.3) is 11.6 Å². The Labute approximate surface area is 133 Å². The first-order valence-corrected chi connectivity index (χ1v) is 6.99. The van der Waals surface area contributed by atoms with Gasteiger partial charge in [0.2, 0.25) is 0 Å². The minimum atomic E-state index is -0.501. The Bertz CT molecular complexity index is 685. The number of hydrogen-bond acceptors (Lipinski definition) is 5. The molecule has 2 aromatic carbocycles. The fourth-order valence-electron chi connectivity index (χ4n) is 1.85. The van der Waals surface area contributed by atoms with E-state index in [1.165, 1.54) is 24.3 Å². The molecule has 7 nitrogen and oxygen atoms in total. The van der Waals surface area contributed by atoms with Gasteiger partial charge in [-0.25, -0.2) is 0 Å². The van der Waals surface area contributed by atoms with E-state index in [1.807, 2.05) is 13.0 Å². The zero-order chi connectivity index (χ0) is 16.7. The monoisotopic (exact) mass is 316 g/mol. The van der Waals surface area contributed by atoms with Crippen LogP contribution in [0.5, 0.6) is 11.5 Å². The SMILES string of the molecule is CCOc1ccccc1OCC(=O)Nc1ccc([N+](=O)[O-])cc1. The number of benzene rings is 2. The van der Waals surface area contributed by atoms with Crippen LogP contribution in [0.4, 0.5) is 11.4 Å². The molecule has 23 heavy (non-hydrogen) atoms. The van der Waals surface area contributed by atoms with Gasteiger partial charge in [-0.1, -0.05) is 12.1 Å². The Morgan fingerprint density at radius 1 is 1.09 bits per heavy atom. The van der Waals surface area contributed by atoms with Gasteiger partial charge in [-0.05, 0) is 31.2 Å². The van der Waals surface area contributed by atoms with Crippen LogP contribution in [0.2, 0.25) is 0 Å². The van der Waals surface area contributed by atoms with Gasteiger partial charge in [0.05, 0.1) is 11.5 Å². The van der Waals surface area contributed by atoms with E-state index in [1.54, 1.807) is 18.2 Å². The number of nitro groups is 1. The second kappa shape index (κ2) is 7.79. The van der Waals surface area contributed by atoms with E-state index >= 15 is 0 Å². The van der Waals surface area contributed by atoms with Gasteiger partial charge in [-0.2, -0.15) is 0 Å². The normalized spacial score (nSPS) is 9.96. The molecular formula is C16H16N2O5. The average Bonchev–Trinajstić information content (AvgIpc) is 2.55. The summed E-state index contributed by atoms with van der Waals surface area (Å²) in [6, 6.07) is 12.6. The Hall–Kier alpha value is -3.09. The number of amides is 1. The zero-order valence-corrected chi connectivity index (χ0v) is 12.5. The van der Waals surface area contributed by atoms with Crippen LogP contribution in [-0.4, -0.2) is 24.0 Å². The Balaban J connectivity index is 1.91. The number of para-hydroxylation sites is 2. The van der Waals surface area contributed by atoms with Gasteiger partial charge in [0, 0.05) is 17.8 Å². The van der Waals surface area contributed by atoms with Crippen LogP contribution in [0.15, 0.2) is 48.5 Å². The molecule has 0 radical (unpaired) electrons. The van der Waals surface area contributed by atoms with E-state index in [2.05, 4.69) is 5.32 Å². The van der Waals surface area contributed by atoms with Gasteiger partial charge in [0.15, 0.2) is 18.1 Å². The molecule has 120 valence electrons. The van der Waals surface area contributed by atoms with Crippen molar-refractivity contribution in [3.05, 3.63) is 58.6 Å². The number of ether oxygens (including phenoxy) is 2. The molecule has 0 aliphatic carbocycles. The standard InChI is InChI=1S/C16H16N2O5/c1-2-22-14-5-3-4-6-15(14)23-11-16(19)17-12-7-9-13(10-8-12)18(20)21/h3-10H,2,11H2,1H3,(H,17,19). The van der Waals surface area contributed by atoms with Crippen LogP contribution >= 0.6 is 0 Å². The molecule has 0 aromatic heterocycles. The lowest BCUT2D eigenvalue weighted by Crippen LogP contribution is -2.20. The van der Waals surface area contributed by atoms with E-state index in [9.17, 15) is 14.9 Å². The van der Waals surface area contributed by atoms with Crippen LogP contribution in [0.1, 0.15) is 6.92 Å². The van der Waals surface area contributed by atoms with Crippen LogP contribution in [0.3, 0.4) is 0 Å². The van der Waals surface area contributed by atoms with E-state index in [0.29, 0.717) is 23.8 Å². The molecule has 0 atom stereocenters. The lowest BCUT2D eigenvalue weighted by Gasteiger charge is -2.11. The summed E-state index contributed by atoms with van der Waals surface area (Å²) < 4.78 is 10.8. The molecule has 0 saturated carbocycles. The van der Waals surface area contributed by atoms with Gasteiger partial charge < -0.3 is 14.8 Å². The summed E-state index contributed by atoms with van der Waals surface area (Å²) in [4.78, 5) is 21.9. The molecule has 7 heteroatoms. The van der Waals surface area contributed by atoms with Crippen molar-refractivity contribution >= 4 is 17.3 Å². The van der Waals surface area contributed by atoms with Crippen molar-refractivity contribution in [3.63, 3.8) is 0 Å². The maximum absolute atomic E-state index is 11.9. The molecule has 2 aromatic rings. The second-order valence-electron chi connectivity index (χ2n) is 4.52. The van der Waals surface area contributed by atoms with Crippen LogP contribution < -0.4 is 14.8 Å². The summed E-state index contributed by atoms with van der Waals surface area (Å²) in [5, 5.41) is 13.2.